The fraction of sp³-hybridized carbons (Fsp3) is 0.429. The molecule has 0 spiro atoms. The first-order valence-electron chi connectivity index (χ1n) is 8.56. The van der Waals surface area contributed by atoms with Crippen molar-refractivity contribution in [1.29, 1.82) is 0 Å². The summed E-state index contributed by atoms with van der Waals surface area (Å²) in [6.45, 7) is 9.43. The predicted octanol–water partition coefficient (Wildman–Crippen LogP) is 4.50. The first-order valence-corrected chi connectivity index (χ1v) is 8.56. The van der Waals surface area contributed by atoms with Gasteiger partial charge in [0, 0.05) is 12.6 Å². The Kier molecular flexibility index (Phi) is 8.43. The second kappa shape index (κ2) is 9.81. The van der Waals surface area contributed by atoms with Crippen molar-refractivity contribution < 1.29 is 9.84 Å². The van der Waals surface area contributed by atoms with Crippen LogP contribution in [0.1, 0.15) is 44.9 Å². The number of aliphatic hydroxyl groups is 1. The maximum Gasteiger partial charge on any atom is 0.119 e. The quantitative estimate of drug-likeness (QED) is 0.761. The molecule has 2 unspecified atom stereocenters. The Bertz CT molecular complexity index is 608. The van der Waals surface area contributed by atoms with Crippen LogP contribution in [-0.2, 0) is 5.41 Å². The average molecular weight is 364 g/mol. The Morgan fingerprint density at radius 1 is 1.00 bits per heavy atom. The average Bonchev–Trinajstić information content (AvgIpc) is 2.58. The van der Waals surface area contributed by atoms with Gasteiger partial charge >= 0.3 is 0 Å². The lowest BCUT2D eigenvalue weighted by Crippen LogP contribution is -2.33. The van der Waals surface area contributed by atoms with E-state index < -0.39 is 6.10 Å². The zero-order valence-electron chi connectivity index (χ0n) is 15.5. The maximum absolute atomic E-state index is 10.1. The van der Waals surface area contributed by atoms with Crippen LogP contribution in [0.25, 0.3) is 0 Å². The van der Waals surface area contributed by atoms with Gasteiger partial charge in [-0.15, -0.1) is 12.4 Å². The van der Waals surface area contributed by atoms with Gasteiger partial charge in [0.05, 0.1) is 0 Å². The molecule has 2 rings (SSSR count). The minimum absolute atomic E-state index is 0. The zero-order chi connectivity index (χ0) is 17.6. The van der Waals surface area contributed by atoms with E-state index in [1.807, 2.05) is 30.3 Å². The number of ether oxygens (including phenoxy) is 1. The highest BCUT2D eigenvalue weighted by Crippen LogP contribution is 2.24. The molecule has 0 amide bonds. The van der Waals surface area contributed by atoms with Crippen LogP contribution in [0.3, 0.4) is 0 Å². The van der Waals surface area contributed by atoms with E-state index in [9.17, 15) is 5.11 Å². The monoisotopic (exact) mass is 363 g/mol. The third-order valence-corrected chi connectivity index (χ3v) is 4.12. The lowest BCUT2D eigenvalue weighted by molar-refractivity contribution is 0.104. The number of hydrogen-bond donors (Lipinski definition) is 2. The fourth-order valence-electron chi connectivity index (χ4n) is 2.47. The van der Waals surface area contributed by atoms with Crippen molar-refractivity contribution in [3.63, 3.8) is 0 Å². The highest BCUT2D eigenvalue weighted by molar-refractivity contribution is 5.85. The summed E-state index contributed by atoms with van der Waals surface area (Å²) in [5.74, 6) is 0.790. The van der Waals surface area contributed by atoms with Crippen molar-refractivity contribution in [3.05, 3.63) is 65.7 Å². The summed E-state index contributed by atoms with van der Waals surface area (Å²) in [7, 11) is 0. The van der Waals surface area contributed by atoms with Crippen LogP contribution >= 0.6 is 12.4 Å². The summed E-state index contributed by atoms with van der Waals surface area (Å²) in [6.07, 6.45) is -0.543. The van der Waals surface area contributed by atoms with Crippen molar-refractivity contribution in [2.45, 2.75) is 45.3 Å². The largest absolute Gasteiger partial charge is 0.491 e. The van der Waals surface area contributed by atoms with Crippen molar-refractivity contribution in [3.8, 4) is 5.75 Å². The molecule has 0 aliphatic heterocycles. The molecule has 0 aliphatic carbocycles. The minimum atomic E-state index is -0.543. The van der Waals surface area contributed by atoms with E-state index in [1.165, 1.54) is 11.1 Å². The van der Waals surface area contributed by atoms with Gasteiger partial charge < -0.3 is 15.2 Å². The van der Waals surface area contributed by atoms with Crippen molar-refractivity contribution in [2.24, 2.45) is 0 Å². The summed E-state index contributed by atoms with van der Waals surface area (Å²) in [4.78, 5) is 0. The van der Waals surface area contributed by atoms with Crippen molar-refractivity contribution in [1.82, 2.24) is 5.32 Å². The highest BCUT2D eigenvalue weighted by atomic mass is 35.5. The van der Waals surface area contributed by atoms with Crippen LogP contribution in [0.5, 0.6) is 5.75 Å². The van der Waals surface area contributed by atoms with E-state index in [0.29, 0.717) is 6.54 Å². The number of aliphatic hydroxyl groups excluding tert-OH is 1. The molecule has 25 heavy (non-hydrogen) atoms. The van der Waals surface area contributed by atoms with E-state index in [4.69, 9.17) is 4.74 Å². The van der Waals surface area contributed by atoms with Gasteiger partial charge in [-0.3, -0.25) is 0 Å². The Morgan fingerprint density at radius 2 is 1.60 bits per heavy atom. The van der Waals surface area contributed by atoms with E-state index in [-0.39, 0.29) is 30.5 Å². The lowest BCUT2D eigenvalue weighted by atomic mass is 9.87. The summed E-state index contributed by atoms with van der Waals surface area (Å²) < 4.78 is 5.68. The first-order chi connectivity index (χ1) is 11.4. The second-order valence-electron chi connectivity index (χ2n) is 7.28. The molecule has 0 saturated carbocycles. The molecule has 0 saturated heterocycles. The molecule has 4 heteroatoms. The fourth-order valence-corrected chi connectivity index (χ4v) is 2.47. The molecular formula is C21H30ClNO2. The predicted molar refractivity (Wildman–Crippen MR) is 107 cm³/mol. The normalized spacial score (nSPS) is 13.6. The number of halogens is 1. The number of rotatable bonds is 7. The number of hydrogen-bond acceptors (Lipinski definition) is 3. The molecule has 0 aliphatic rings. The third kappa shape index (κ3) is 7.07. The van der Waals surface area contributed by atoms with E-state index in [1.54, 1.807) is 0 Å². The number of nitrogens with one attached hydrogen (secondary N) is 1. The van der Waals surface area contributed by atoms with E-state index in [2.05, 4.69) is 57.3 Å². The van der Waals surface area contributed by atoms with Crippen LogP contribution in [0.15, 0.2) is 54.6 Å². The van der Waals surface area contributed by atoms with Gasteiger partial charge in [0.1, 0.15) is 18.5 Å². The molecule has 0 bridgehead atoms. The molecule has 2 N–H and O–H groups in total. The summed E-state index contributed by atoms with van der Waals surface area (Å²) >= 11 is 0. The van der Waals surface area contributed by atoms with Crippen molar-refractivity contribution >= 4 is 12.4 Å². The molecule has 0 radical (unpaired) electrons. The molecule has 0 heterocycles. The van der Waals surface area contributed by atoms with Crippen LogP contribution < -0.4 is 10.1 Å². The third-order valence-electron chi connectivity index (χ3n) is 4.12. The van der Waals surface area contributed by atoms with Gasteiger partial charge in [-0.2, -0.15) is 0 Å². The summed E-state index contributed by atoms with van der Waals surface area (Å²) in [5, 5.41) is 13.4. The van der Waals surface area contributed by atoms with Crippen molar-refractivity contribution in [2.75, 3.05) is 13.2 Å². The van der Waals surface area contributed by atoms with E-state index in [0.717, 1.165) is 5.75 Å². The van der Waals surface area contributed by atoms with Gasteiger partial charge in [0.2, 0.25) is 0 Å². The summed E-state index contributed by atoms with van der Waals surface area (Å²) in [5.41, 5.74) is 2.62. The first kappa shape index (κ1) is 21.5. The molecular weight excluding hydrogens is 334 g/mol. The topological polar surface area (TPSA) is 41.5 Å². The SMILES string of the molecule is CC(NCC(O)COc1ccc(C(C)(C)C)cc1)c1ccccc1.Cl. The van der Waals surface area contributed by atoms with Crippen LogP contribution in [0.2, 0.25) is 0 Å². The standard InChI is InChI=1S/C21H29NO2.ClH/c1-16(17-8-6-5-7-9-17)22-14-19(23)15-24-20-12-10-18(11-13-20)21(2,3)4;/h5-13,16,19,22-23H,14-15H2,1-4H3;1H. The Balaban J connectivity index is 0.00000312. The van der Waals surface area contributed by atoms with Gasteiger partial charge in [0.25, 0.3) is 0 Å². The lowest BCUT2D eigenvalue weighted by Gasteiger charge is -2.20. The number of benzene rings is 2. The molecule has 0 fully saturated rings. The molecule has 2 aromatic rings. The second-order valence-corrected chi connectivity index (χ2v) is 7.28. The zero-order valence-corrected chi connectivity index (χ0v) is 16.3. The summed E-state index contributed by atoms with van der Waals surface area (Å²) in [6, 6.07) is 18.5. The van der Waals surface area contributed by atoms with Crippen LogP contribution in [0, 0.1) is 0 Å². The highest BCUT2D eigenvalue weighted by Gasteiger charge is 2.13. The van der Waals surface area contributed by atoms with Gasteiger partial charge in [-0.1, -0.05) is 63.2 Å². The minimum Gasteiger partial charge on any atom is -0.491 e. The molecule has 2 aromatic carbocycles. The van der Waals surface area contributed by atoms with Crippen LogP contribution in [0.4, 0.5) is 0 Å². The Labute approximate surface area is 157 Å². The van der Waals surface area contributed by atoms with Crippen LogP contribution in [-0.4, -0.2) is 24.4 Å². The maximum atomic E-state index is 10.1. The Morgan fingerprint density at radius 3 is 2.16 bits per heavy atom. The molecule has 3 nitrogen and oxygen atoms in total. The van der Waals surface area contributed by atoms with E-state index >= 15 is 0 Å². The van der Waals surface area contributed by atoms with Gasteiger partial charge in [-0.05, 0) is 35.6 Å². The smallest absolute Gasteiger partial charge is 0.119 e. The molecule has 2 atom stereocenters. The molecule has 0 aromatic heterocycles. The molecule has 138 valence electrons. The van der Waals surface area contributed by atoms with Gasteiger partial charge in [-0.25, -0.2) is 0 Å². The Hall–Kier alpha value is -1.55. The van der Waals surface area contributed by atoms with Gasteiger partial charge in [0.15, 0.2) is 0 Å².